The number of nitrogens with zero attached hydrogens (tertiary/aromatic N) is 1. The normalized spacial score (nSPS) is 21.9. The predicted molar refractivity (Wildman–Crippen MR) is 73.0 cm³/mol. The van der Waals surface area contributed by atoms with Crippen LogP contribution in [0.3, 0.4) is 0 Å². The van der Waals surface area contributed by atoms with E-state index in [9.17, 15) is 19.5 Å². The lowest BCUT2D eigenvalue weighted by Gasteiger charge is -2.34. The Morgan fingerprint density at radius 3 is 2.60 bits per heavy atom. The van der Waals surface area contributed by atoms with Gasteiger partial charge >= 0.3 is 12.0 Å². The molecule has 1 aliphatic heterocycles. The van der Waals surface area contributed by atoms with Crippen LogP contribution >= 0.6 is 0 Å². The molecule has 3 amide bonds. The van der Waals surface area contributed by atoms with E-state index in [2.05, 4.69) is 5.32 Å². The highest BCUT2D eigenvalue weighted by molar-refractivity contribution is 5.86. The molecule has 0 aromatic carbocycles. The number of likely N-dealkylation sites (tertiary alicyclic amines) is 1. The summed E-state index contributed by atoms with van der Waals surface area (Å²) in [6.07, 6.45) is 2.36. The van der Waals surface area contributed by atoms with Crippen LogP contribution in [0.2, 0.25) is 0 Å². The molecular weight excluding hydrogens is 262 g/mol. The van der Waals surface area contributed by atoms with Crippen molar-refractivity contribution in [3.8, 4) is 0 Å². The third kappa shape index (κ3) is 3.85. The maximum Gasteiger partial charge on any atom is 0.329 e. The van der Waals surface area contributed by atoms with Crippen LogP contribution < -0.4 is 11.1 Å². The van der Waals surface area contributed by atoms with E-state index in [1.165, 1.54) is 11.8 Å². The Bertz CT molecular complexity index is 399. The fourth-order valence-corrected chi connectivity index (χ4v) is 2.43. The molecule has 7 heteroatoms. The summed E-state index contributed by atoms with van der Waals surface area (Å²) in [5.74, 6) is -1.83. The zero-order chi connectivity index (χ0) is 15.3. The second kappa shape index (κ2) is 6.58. The van der Waals surface area contributed by atoms with Gasteiger partial charge in [-0.05, 0) is 26.2 Å². The first-order chi connectivity index (χ1) is 9.30. The Morgan fingerprint density at radius 2 is 2.10 bits per heavy atom. The summed E-state index contributed by atoms with van der Waals surface area (Å²) in [6.45, 7) is 4.12. The summed E-state index contributed by atoms with van der Waals surface area (Å²) in [7, 11) is 0. The number of hydrogen-bond donors (Lipinski definition) is 3. The Morgan fingerprint density at radius 1 is 1.45 bits per heavy atom. The van der Waals surface area contributed by atoms with Crippen LogP contribution in [0.25, 0.3) is 0 Å². The average Bonchev–Trinajstić information content (AvgIpc) is 2.38. The van der Waals surface area contributed by atoms with Crippen molar-refractivity contribution >= 4 is 17.9 Å². The molecule has 2 atom stereocenters. The Labute approximate surface area is 118 Å². The van der Waals surface area contributed by atoms with Gasteiger partial charge in [-0.2, -0.15) is 0 Å². The maximum absolute atomic E-state index is 12.2. The van der Waals surface area contributed by atoms with E-state index in [4.69, 9.17) is 5.73 Å². The molecule has 4 N–H and O–H groups in total. The number of primary amides is 1. The number of carbonyl (C=O) groups is 3. The molecule has 1 saturated heterocycles. The lowest BCUT2D eigenvalue weighted by Crippen LogP contribution is -2.57. The van der Waals surface area contributed by atoms with E-state index in [-0.39, 0.29) is 12.5 Å². The zero-order valence-corrected chi connectivity index (χ0v) is 12.0. The van der Waals surface area contributed by atoms with Crippen LogP contribution in [0.5, 0.6) is 0 Å². The smallest absolute Gasteiger partial charge is 0.329 e. The van der Waals surface area contributed by atoms with Gasteiger partial charge in [0.2, 0.25) is 5.91 Å². The first-order valence-corrected chi connectivity index (χ1v) is 6.90. The number of nitrogens with one attached hydrogen (secondary N) is 1. The lowest BCUT2D eigenvalue weighted by atomic mass is 9.95. The number of carboxylic acids is 1. The highest BCUT2D eigenvalue weighted by Gasteiger charge is 2.36. The Hall–Kier alpha value is -1.79. The number of carboxylic acid groups (broad SMARTS) is 1. The maximum atomic E-state index is 12.2. The van der Waals surface area contributed by atoms with Crippen LogP contribution in [-0.4, -0.2) is 46.5 Å². The number of carbonyl (C=O) groups excluding carboxylic acids is 2. The number of piperidine rings is 1. The summed E-state index contributed by atoms with van der Waals surface area (Å²) in [5, 5.41) is 11.8. The van der Waals surface area contributed by atoms with E-state index in [0.717, 1.165) is 0 Å². The number of amides is 3. The number of nitrogens with two attached hydrogens (primary N) is 1. The molecule has 1 rings (SSSR count). The monoisotopic (exact) mass is 285 g/mol. The first-order valence-electron chi connectivity index (χ1n) is 6.90. The highest BCUT2D eigenvalue weighted by Crippen LogP contribution is 2.18. The van der Waals surface area contributed by atoms with Crippen LogP contribution in [0, 0.1) is 5.92 Å². The molecule has 20 heavy (non-hydrogen) atoms. The molecule has 0 bridgehead atoms. The summed E-state index contributed by atoms with van der Waals surface area (Å²) in [5.41, 5.74) is 3.98. The Kier molecular flexibility index (Phi) is 5.35. The van der Waals surface area contributed by atoms with Gasteiger partial charge in [0.15, 0.2) is 0 Å². The van der Waals surface area contributed by atoms with Crippen molar-refractivity contribution in [3.63, 3.8) is 0 Å². The second-order valence-electron chi connectivity index (χ2n) is 5.50. The fourth-order valence-electron chi connectivity index (χ4n) is 2.43. The minimum Gasteiger partial charge on any atom is -0.480 e. The first kappa shape index (κ1) is 16.3. The van der Waals surface area contributed by atoms with E-state index in [1.807, 2.05) is 6.92 Å². The summed E-state index contributed by atoms with van der Waals surface area (Å²) >= 11 is 0. The minimum atomic E-state index is -1.29. The number of urea groups is 1. The van der Waals surface area contributed by atoms with E-state index < -0.39 is 23.4 Å². The van der Waals surface area contributed by atoms with E-state index in [0.29, 0.717) is 32.2 Å². The van der Waals surface area contributed by atoms with Gasteiger partial charge in [-0.1, -0.05) is 13.3 Å². The van der Waals surface area contributed by atoms with Gasteiger partial charge in [-0.25, -0.2) is 9.59 Å². The standard InChI is InChI=1S/C13H23N3O4/c1-3-6-13(2,11(18)19)15-12(20)16-7-4-5-9(8-16)10(14)17/h9H,3-8H2,1-2H3,(H2,14,17)(H,15,20)(H,18,19). The van der Waals surface area contributed by atoms with E-state index in [1.54, 1.807) is 0 Å². The topological polar surface area (TPSA) is 113 Å². The van der Waals surface area contributed by atoms with Crippen molar-refractivity contribution in [2.75, 3.05) is 13.1 Å². The molecule has 0 spiro atoms. The van der Waals surface area contributed by atoms with Crippen molar-refractivity contribution in [3.05, 3.63) is 0 Å². The van der Waals surface area contributed by atoms with Crippen molar-refractivity contribution in [2.45, 2.75) is 45.1 Å². The molecular formula is C13H23N3O4. The largest absolute Gasteiger partial charge is 0.480 e. The molecule has 1 aliphatic rings. The summed E-state index contributed by atoms with van der Waals surface area (Å²) in [6, 6.07) is -0.450. The molecule has 1 heterocycles. The van der Waals surface area contributed by atoms with Gasteiger partial charge in [-0.3, -0.25) is 4.79 Å². The zero-order valence-electron chi connectivity index (χ0n) is 12.0. The van der Waals surface area contributed by atoms with Crippen molar-refractivity contribution < 1.29 is 19.5 Å². The predicted octanol–water partition coefficient (Wildman–Crippen LogP) is 0.537. The molecule has 7 nitrogen and oxygen atoms in total. The number of rotatable bonds is 5. The number of hydrogen-bond acceptors (Lipinski definition) is 3. The highest BCUT2D eigenvalue weighted by atomic mass is 16.4. The van der Waals surface area contributed by atoms with Gasteiger partial charge in [0, 0.05) is 13.1 Å². The SMILES string of the molecule is CCCC(C)(NC(=O)N1CCCC(C(N)=O)C1)C(=O)O. The second-order valence-corrected chi connectivity index (χ2v) is 5.50. The lowest BCUT2D eigenvalue weighted by molar-refractivity contribution is -0.144. The van der Waals surface area contributed by atoms with Crippen molar-refractivity contribution in [1.29, 1.82) is 0 Å². The molecule has 0 aliphatic carbocycles. The van der Waals surface area contributed by atoms with Gasteiger partial charge in [0.05, 0.1) is 5.92 Å². The number of aliphatic carboxylic acids is 1. The third-order valence-electron chi connectivity index (χ3n) is 3.72. The van der Waals surface area contributed by atoms with Crippen LogP contribution in [0.1, 0.15) is 39.5 Å². The molecule has 0 aromatic heterocycles. The van der Waals surface area contributed by atoms with Crippen LogP contribution in [0.15, 0.2) is 0 Å². The fraction of sp³-hybridized carbons (Fsp3) is 0.769. The summed E-state index contributed by atoms with van der Waals surface area (Å²) < 4.78 is 0. The van der Waals surface area contributed by atoms with Crippen molar-refractivity contribution in [2.24, 2.45) is 11.7 Å². The van der Waals surface area contributed by atoms with Crippen LogP contribution in [-0.2, 0) is 9.59 Å². The Balaban J connectivity index is 2.69. The van der Waals surface area contributed by atoms with Gasteiger partial charge in [0.1, 0.15) is 5.54 Å². The van der Waals surface area contributed by atoms with Gasteiger partial charge in [-0.15, -0.1) is 0 Å². The minimum absolute atomic E-state index is 0.253. The molecule has 114 valence electrons. The van der Waals surface area contributed by atoms with Crippen molar-refractivity contribution in [1.82, 2.24) is 10.2 Å². The van der Waals surface area contributed by atoms with E-state index >= 15 is 0 Å². The van der Waals surface area contributed by atoms with Crippen LogP contribution in [0.4, 0.5) is 4.79 Å². The molecule has 2 unspecified atom stereocenters. The van der Waals surface area contributed by atoms with Gasteiger partial charge in [0.25, 0.3) is 0 Å². The third-order valence-corrected chi connectivity index (χ3v) is 3.72. The quantitative estimate of drug-likeness (QED) is 0.684. The molecule has 1 fully saturated rings. The molecule has 0 saturated carbocycles. The van der Waals surface area contributed by atoms with Gasteiger partial charge < -0.3 is 21.1 Å². The summed E-state index contributed by atoms with van der Waals surface area (Å²) in [4.78, 5) is 36.1. The molecule has 0 aromatic rings. The molecule has 0 radical (unpaired) electrons. The average molecular weight is 285 g/mol.